The number of aromatic nitrogens is 3. The zero-order chi connectivity index (χ0) is 24.3. The van der Waals surface area contributed by atoms with E-state index in [1.807, 2.05) is 12.3 Å². The molecule has 7 rings (SSSR count). The SMILES string of the molecule is O=C(C1CC1)[C@@]1(Cn2c(-c3ccc(-c4ccc5[nH]ccc5c4)cc3)nc3ccc(Br)cc32)CCNC1. The van der Waals surface area contributed by atoms with Crippen LogP contribution in [0, 0.1) is 11.3 Å². The number of Topliss-reactive ketones (excluding diaryl/α,β-unsaturated/α-hetero) is 1. The molecule has 5 nitrogen and oxygen atoms in total. The lowest BCUT2D eigenvalue weighted by Crippen LogP contribution is -2.39. The number of aromatic amines is 1. The molecule has 0 radical (unpaired) electrons. The molecule has 1 aliphatic carbocycles. The molecule has 2 aromatic heterocycles. The number of halogens is 1. The van der Waals surface area contributed by atoms with E-state index in [0.29, 0.717) is 12.3 Å². The summed E-state index contributed by atoms with van der Waals surface area (Å²) in [5.74, 6) is 1.60. The Kier molecular flexibility index (Phi) is 5.15. The van der Waals surface area contributed by atoms with Crippen LogP contribution in [-0.2, 0) is 11.3 Å². The van der Waals surface area contributed by atoms with Crippen LogP contribution in [0.3, 0.4) is 0 Å². The minimum Gasteiger partial charge on any atom is -0.361 e. The quantitative estimate of drug-likeness (QED) is 0.257. The fraction of sp³-hybridized carbons (Fsp3) is 0.267. The van der Waals surface area contributed by atoms with Gasteiger partial charge in [-0.15, -0.1) is 0 Å². The number of hydrogen-bond acceptors (Lipinski definition) is 3. The summed E-state index contributed by atoms with van der Waals surface area (Å²) in [6.45, 7) is 2.30. The van der Waals surface area contributed by atoms with E-state index in [-0.39, 0.29) is 11.3 Å². The van der Waals surface area contributed by atoms with Crippen molar-refractivity contribution in [1.82, 2.24) is 19.9 Å². The maximum Gasteiger partial charge on any atom is 0.145 e. The van der Waals surface area contributed by atoms with Gasteiger partial charge in [-0.25, -0.2) is 4.98 Å². The molecule has 180 valence electrons. The third kappa shape index (κ3) is 3.71. The molecule has 1 atom stereocenters. The van der Waals surface area contributed by atoms with E-state index in [1.165, 1.54) is 16.5 Å². The Bertz CT molecular complexity index is 1600. The Morgan fingerprint density at radius 1 is 1.00 bits per heavy atom. The largest absolute Gasteiger partial charge is 0.361 e. The fourth-order valence-corrected chi connectivity index (χ4v) is 6.12. The molecule has 5 aromatic rings. The number of nitrogens with one attached hydrogen (secondary N) is 2. The summed E-state index contributed by atoms with van der Waals surface area (Å²) in [5.41, 5.74) is 6.23. The van der Waals surface area contributed by atoms with Crippen LogP contribution in [0.15, 0.2) is 77.4 Å². The Labute approximate surface area is 218 Å². The number of ketones is 1. The predicted molar refractivity (Wildman–Crippen MR) is 148 cm³/mol. The Morgan fingerprint density at radius 2 is 1.81 bits per heavy atom. The summed E-state index contributed by atoms with van der Waals surface area (Å²) in [4.78, 5) is 21.8. The molecule has 0 amide bonds. The summed E-state index contributed by atoms with van der Waals surface area (Å²) < 4.78 is 3.30. The molecule has 1 aliphatic heterocycles. The van der Waals surface area contributed by atoms with Gasteiger partial charge in [-0.2, -0.15) is 0 Å². The number of benzene rings is 3. The number of rotatable bonds is 6. The molecule has 2 fully saturated rings. The topological polar surface area (TPSA) is 62.7 Å². The third-order valence-electron chi connectivity index (χ3n) is 7.92. The minimum atomic E-state index is -0.363. The first-order valence-corrected chi connectivity index (χ1v) is 13.5. The van der Waals surface area contributed by atoms with E-state index in [1.54, 1.807) is 0 Å². The normalized spacial score (nSPS) is 19.9. The number of hydrogen-bond donors (Lipinski definition) is 2. The van der Waals surface area contributed by atoms with Crippen molar-refractivity contribution in [3.05, 3.63) is 77.4 Å². The van der Waals surface area contributed by atoms with E-state index in [9.17, 15) is 4.79 Å². The highest BCUT2D eigenvalue weighted by Gasteiger charge is 2.48. The molecule has 1 saturated heterocycles. The first-order valence-electron chi connectivity index (χ1n) is 12.7. The molecule has 2 N–H and O–H groups in total. The summed E-state index contributed by atoms with van der Waals surface area (Å²) in [7, 11) is 0. The van der Waals surface area contributed by atoms with Gasteiger partial charge in [0, 0.05) is 40.8 Å². The van der Waals surface area contributed by atoms with Crippen molar-refractivity contribution in [2.24, 2.45) is 11.3 Å². The summed E-state index contributed by atoms with van der Waals surface area (Å²) in [5, 5.41) is 4.69. The van der Waals surface area contributed by atoms with Crippen LogP contribution in [0.1, 0.15) is 19.3 Å². The fourth-order valence-electron chi connectivity index (χ4n) is 5.77. The lowest BCUT2D eigenvalue weighted by atomic mass is 9.80. The minimum absolute atomic E-state index is 0.242. The monoisotopic (exact) mass is 538 g/mol. The highest BCUT2D eigenvalue weighted by atomic mass is 79.9. The first-order chi connectivity index (χ1) is 17.6. The van der Waals surface area contributed by atoms with E-state index in [4.69, 9.17) is 4.98 Å². The van der Waals surface area contributed by atoms with Gasteiger partial charge in [0.2, 0.25) is 0 Å². The highest BCUT2D eigenvalue weighted by Crippen LogP contribution is 2.42. The smallest absolute Gasteiger partial charge is 0.145 e. The van der Waals surface area contributed by atoms with Crippen LogP contribution in [0.5, 0.6) is 0 Å². The van der Waals surface area contributed by atoms with Gasteiger partial charge in [0.25, 0.3) is 0 Å². The molecule has 2 aliphatic rings. The van der Waals surface area contributed by atoms with Gasteiger partial charge in [0.1, 0.15) is 11.6 Å². The van der Waals surface area contributed by atoms with E-state index >= 15 is 0 Å². The lowest BCUT2D eigenvalue weighted by Gasteiger charge is -2.28. The molecule has 3 heterocycles. The van der Waals surface area contributed by atoms with Crippen molar-refractivity contribution in [2.75, 3.05) is 13.1 Å². The van der Waals surface area contributed by atoms with Crippen LogP contribution in [-0.4, -0.2) is 33.4 Å². The van der Waals surface area contributed by atoms with Crippen LogP contribution in [0.4, 0.5) is 0 Å². The Morgan fingerprint density at radius 3 is 2.58 bits per heavy atom. The van der Waals surface area contributed by atoms with Crippen LogP contribution in [0.25, 0.3) is 44.5 Å². The van der Waals surface area contributed by atoms with Crippen molar-refractivity contribution < 1.29 is 4.79 Å². The summed E-state index contributed by atoms with van der Waals surface area (Å²) >= 11 is 3.65. The van der Waals surface area contributed by atoms with Crippen molar-refractivity contribution >= 4 is 43.6 Å². The van der Waals surface area contributed by atoms with Crippen molar-refractivity contribution in [3.63, 3.8) is 0 Å². The standard InChI is InChI=1S/C30H27BrN4O/c31-24-8-10-26-27(16-24)35(18-30(12-14-32-17-30)28(36)20-3-4-20)29(34-26)21-5-1-19(2-6-21)22-7-9-25-23(15-22)11-13-33-25/h1-2,5-11,13,15-16,20,32-33H,3-4,12,14,17-18H2/t30-/m0/s1. The zero-order valence-electron chi connectivity index (χ0n) is 19.9. The summed E-state index contributed by atoms with van der Waals surface area (Å²) in [6, 6.07) is 23.5. The highest BCUT2D eigenvalue weighted by molar-refractivity contribution is 9.10. The van der Waals surface area contributed by atoms with Gasteiger partial charge in [0.05, 0.1) is 16.4 Å². The lowest BCUT2D eigenvalue weighted by molar-refractivity contribution is -0.129. The number of H-pyrrole nitrogens is 1. The second-order valence-electron chi connectivity index (χ2n) is 10.4. The molecule has 3 aromatic carbocycles. The van der Waals surface area contributed by atoms with Crippen molar-refractivity contribution in [1.29, 1.82) is 0 Å². The molecular weight excluding hydrogens is 512 g/mol. The zero-order valence-corrected chi connectivity index (χ0v) is 21.5. The van der Waals surface area contributed by atoms with Gasteiger partial charge in [-0.3, -0.25) is 4.79 Å². The van der Waals surface area contributed by atoms with E-state index < -0.39 is 0 Å². The molecule has 0 unspecified atom stereocenters. The van der Waals surface area contributed by atoms with E-state index in [0.717, 1.165) is 64.8 Å². The van der Waals surface area contributed by atoms with Gasteiger partial charge in [-0.1, -0.05) is 46.3 Å². The number of nitrogens with zero attached hydrogens (tertiary/aromatic N) is 2. The average molecular weight is 539 g/mol. The second kappa shape index (κ2) is 8.43. The number of carbonyl (C=O) groups excluding carboxylic acids is 1. The predicted octanol–water partition coefficient (Wildman–Crippen LogP) is 6.57. The molecular formula is C30H27BrN4O. The average Bonchev–Trinajstić information content (AvgIpc) is 3.30. The van der Waals surface area contributed by atoms with Crippen molar-refractivity contribution in [3.8, 4) is 22.5 Å². The van der Waals surface area contributed by atoms with Gasteiger partial charge in [-0.05, 0) is 78.7 Å². The maximum absolute atomic E-state index is 13.5. The van der Waals surface area contributed by atoms with Crippen LogP contribution < -0.4 is 5.32 Å². The van der Waals surface area contributed by atoms with Gasteiger partial charge >= 0.3 is 0 Å². The van der Waals surface area contributed by atoms with E-state index in [2.05, 4.69) is 91.5 Å². The van der Waals surface area contributed by atoms with Crippen LogP contribution in [0.2, 0.25) is 0 Å². The molecule has 6 heteroatoms. The number of carbonyl (C=O) groups is 1. The molecule has 36 heavy (non-hydrogen) atoms. The number of fused-ring (bicyclic) bond motifs is 2. The molecule has 1 saturated carbocycles. The molecule has 0 spiro atoms. The Balaban J connectivity index is 1.31. The first kappa shape index (κ1) is 22.0. The molecule has 0 bridgehead atoms. The number of imidazole rings is 1. The van der Waals surface area contributed by atoms with Gasteiger partial charge < -0.3 is 14.9 Å². The van der Waals surface area contributed by atoms with Gasteiger partial charge in [0.15, 0.2) is 0 Å². The Hall–Kier alpha value is -3.22. The van der Waals surface area contributed by atoms with Crippen LogP contribution >= 0.6 is 15.9 Å². The van der Waals surface area contributed by atoms with Crippen molar-refractivity contribution in [2.45, 2.75) is 25.8 Å². The second-order valence-corrected chi connectivity index (χ2v) is 11.3. The third-order valence-corrected chi connectivity index (χ3v) is 8.41. The maximum atomic E-state index is 13.5. The summed E-state index contributed by atoms with van der Waals surface area (Å²) in [6.07, 6.45) is 4.94.